The zero-order chi connectivity index (χ0) is 14.1. The molecule has 0 saturated carbocycles. The number of ether oxygens (including phenoxy) is 1. The Morgan fingerprint density at radius 1 is 1.05 bits per heavy atom. The molecule has 102 valence electrons. The lowest BCUT2D eigenvalue weighted by Crippen LogP contribution is -2.11. The van der Waals surface area contributed by atoms with Crippen molar-refractivity contribution in [3.05, 3.63) is 65.7 Å². The van der Waals surface area contributed by atoms with Crippen molar-refractivity contribution >= 4 is 5.78 Å². The number of benzene rings is 2. The molecule has 0 N–H and O–H groups in total. The van der Waals surface area contributed by atoms with Gasteiger partial charge in [0.05, 0.1) is 19.2 Å². The van der Waals surface area contributed by atoms with Crippen LogP contribution in [-0.4, -0.2) is 30.9 Å². The van der Waals surface area contributed by atoms with Gasteiger partial charge in [0.2, 0.25) is 0 Å². The zero-order valence-corrected chi connectivity index (χ0v) is 11.6. The Balaban J connectivity index is 1.78. The van der Waals surface area contributed by atoms with Crippen LogP contribution in [0.25, 0.3) is 0 Å². The van der Waals surface area contributed by atoms with Crippen LogP contribution in [-0.2, 0) is 0 Å². The lowest BCUT2D eigenvalue weighted by atomic mass is 10.0. The van der Waals surface area contributed by atoms with Gasteiger partial charge >= 0.3 is 0 Å². The highest BCUT2D eigenvalue weighted by atomic mass is 16.5. The van der Waals surface area contributed by atoms with Crippen molar-refractivity contribution in [2.45, 2.75) is 12.1 Å². The van der Waals surface area contributed by atoms with Crippen LogP contribution in [0.15, 0.2) is 54.6 Å². The first-order valence-electron chi connectivity index (χ1n) is 6.67. The average Bonchev–Trinajstić information content (AvgIpc) is 3.19. The SMILES string of the molecule is COc1ccc(C(=O)[C@@H]2[C@H](c3ccccc3)N2C)cc1. The number of hydrogen-bond donors (Lipinski definition) is 0. The van der Waals surface area contributed by atoms with E-state index in [1.807, 2.05) is 49.5 Å². The van der Waals surface area contributed by atoms with Gasteiger partial charge in [0.1, 0.15) is 5.75 Å². The summed E-state index contributed by atoms with van der Waals surface area (Å²) in [6, 6.07) is 17.6. The van der Waals surface area contributed by atoms with Crippen LogP contribution < -0.4 is 4.74 Å². The number of hydrogen-bond acceptors (Lipinski definition) is 3. The molecule has 3 rings (SSSR count). The summed E-state index contributed by atoms with van der Waals surface area (Å²) in [5, 5.41) is 0. The summed E-state index contributed by atoms with van der Waals surface area (Å²) >= 11 is 0. The Morgan fingerprint density at radius 2 is 1.70 bits per heavy atom. The van der Waals surface area contributed by atoms with E-state index in [2.05, 4.69) is 17.0 Å². The molecule has 0 bridgehead atoms. The molecule has 1 saturated heterocycles. The molecule has 3 heteroatoms. The molecule has 0 radical (unpaired) electrons. The minimum absolute atomic E-state index is 0.0502. The highest BCUT2D eigenvalue weighted by Crippen LogP contribution is 2.42. The van der Waals surface area contributed by atoms with Crippen LogP contribution in [0.4, 0.5) is 0 Å². The molecule has 3 atom stereocenters. The highest BCUT2D eigenvalue weighted by molar-refractivity contribution is 6.02. The molecule has 0 amide bonds. The summed E-state index contributed by atoms with van der Waals surface area (Å²) in [4.78, 5) is 14.6. The fourth-order valence-corrected chi connectivity index (χ4v) is 2.66. The molecule has 0 aromatic heterocycles. The Hall–Kier alpha value is -2.13. The average molecular weight is 267 g/mol. The topological polar surface area (TPSA) is 29.3 Å². The van der Waals surface area contributed by atoms with Crippen molar-refractivity contribution in [2.24, 2.45) is 0 Å². The van der Waals surface area contributed by atoms with E-state index in [0.717, 1.165) is 11.3 Å². The number of methoxy groups -OCH3 is 1. The molecule has 0 aliphatic carbocycles. The molecular formula is C17H17NO2. The predicted octanol–water partition coefficient (Wildman–Crippen LogP) is 2.93. The molecule has 1 fully saturated rings. The third kappa shape index (κ3) is 2.21. The van der Waals surface area contributed by atoms with Crippen molar-refractivity contribution in [1.82, 2.24) is 4.90 Å². The minimum Gasteiger partial charge on any atom is -0.497 e. The molecular weight excluding hydrogens is 250 g/mol. The van der Waals surface area contributed by atoms with Gasteiger partial charge in [0, 0.05) is 5.56 Å². The van der Waals surface area contributed by atoms with Gasteiger partial charge in [-0.25, -0.2) is 0 Å². The van der Waals surface area contributed by atoms with Crippen LogP contribution in [0.2, 0.25) is 0 Å². The molecule has 2 aromatic rings. The monoisotopic (exact) mass is 267 g/mol. The molecule has 3 nitrogen and oxygen atoms in total. The van der Waals surface area contributed by atoms with Gasteiger partial charge in [0.25, 0.3) is 0 Å². The van der Waals surface area contributed by atoms with E-state index >= 15 is 0 Å². The summed E-state index contributed by atoms with van der Waals surface area (Å²) in [7, 11) is 3.61. The van der Waals surface area contributed by atoms with E-state index in [0.29, 0.717) is 0 Å². The molecule has 0 spiro atoms. The number of nitrogens with zero attached hydrogens (tertiary/aromatic N) is 1. The largest absolute Gasteiger partial charge is 0.497 e. The van der Waals surface area contributed by atoms with Crippen LogP contribution in [0.3, 0.4) is 0 Å². The quantitative estimate of drug-likeness (QED) is 0.630. The second-order valence-corrected chi connectivity index (χ2v) is 5.06. The van der Waals surface area contributed by atoms with E-state index in [4.69, 9.17) is 4.74 Å². The number of carbonyl (C=O) groups excluding carboxylic acids is 1. The molecule has 1 aliphatic heterocycles. The Kier molecular flexibility index (Phi) is 3.28. The molecule has 1 unspecified atom stereocenters. The Labute approximate surface area is 118 Å². The maximum atomic E-state index is 12.5. The van der Waals surface area contributed by atoms with Gasteiger partial charge in [-0.3, -0.25) is 9.69 Å². The summed E-state index contributed by atoms with van der Waals surface area (Å²) in [6.45, 7) is 0. The Bertz CT molecular complexity index is 607. The third-order valence-electron chi connectivity index (χ3n) is 3.87. The summed E-state index contributed by atoms with van der Waals surface area (Å²) in [5.41, 5.74) is 1.93. The number of carbonyl (C=O) groups is 1. The lowest BCUT2D eigenvalue weighted by molar-refractivity contribution is 0.0977. The second-order valence-electron chi connectivity index (χ2n) is 5.06. The van der Waals surface area contributed by atoms with Crippen molar-refractivity contribution < 1.29 is 9.53 Å². The van der Waals surface area contributed by atoms with Gasteiger partial charge in [-0.05, 0) is 36.9 Å². The smallest absolute Gasteiger partial charge is 0.181 e. The van der Waals surface area contributed by atoms with Crippen molar-refractivity contribution in [2.75, 3.05) is 14.2 Å². The predicted molar refractivity (Wildman–Crippen MR) is 78.1 cm³/mol. The summed E-state index contributed by atoms with van der Waals surface area (Å²) in [5.74, 6) is 0.939. The first kappa shape index (κ1) is 12.9. The number of rotatable bonds is 4. The molecule has 1 heterocycles. The van der Waals surface area contributed by atoms with Crippen LogP contribution >= 0.6 is 0 Å². The van der Waals surface area contributed by atoms with Crippen molar-refractivity contribution in [1.29, 1.82) is 0 Å². The van der Waals surface area contributed by atoms with Crippen molar-refractivity contribution in [3.63, 3.8) is 0 Å². The fourth-order valence-electron chi connectivity index (χ4n) is 2.66. The molecule has 2 aromatic carbocycles. The van der Waals surface area contributed by atoms with Crippen LogP contribution in [0.1, 0.15) is 22.0 Å². The third-order valence-corrected chi connectivity index (χ3v) is 3.87. The fraction of sp³-hybridized carbons (Fsp3) is 0.235. The van der Waals surface area contributed by atoms with Crippen LogP contribution in [0, 0.1) is 0 Å². The number of Topliss-reactive ketones (excluding diaryl/α,β-unsaturated/α-hetero) is 1. The van der Waals surface area contributed by atoms with Gasteiger partial charge in [-0.15, -0.1) is 0 Å². The van der Waals surface area contributed by atoms with E-state index in [9.17, 15) is 4.79 Å². The first-order valence-corrected chi connectivity index (χ1v) is 6.67. The van der Waals surface area contributed by atoms with E-state index in [-0.39, 0.29) is 17.9 Å². The highest BCUT2D eigenvalue weighted by Gasteiger charge is 2.50. The lowest BCUT2D eigenvalue weighted by Gasteiger charge is -2.02. The summed E-state index contributed by atoms with van der Waals surface area (Å²) < 4.78 is 5.11. The first-order chi connectivity index (χ1) is 9.72. The second kappa shape index (κ2) is 5.10. The number of ketones is 1. The normalized spacial score (nSPS) is 24.2. The number of likely N-dealkylation sites (N-methyl/N-ethyl adjacent to an activating group) is 1. The van der Waals surface area contributed by atoms with Gasteiger partial charge in [-0.2, -0.15) is 0 Å². The molecule has 20 heavy (non-hydrogen) atoms. The molecule has 1 aliphatic rings. The van der Waals surface area contributed by atoms with E-state index < -0.39 is 0 Å². The van der Waals surface area contributed by atoms with Gasteiger partial charge in [0.15, 0.2) is 5.78 Å². The maximum Gasteiger partial charge on any atom is 0.181 e. The summed E-state index contributed by atoms with van der Waals surface area (Å²) in [6.07, 6.45) is 0. The van der Waals surface area contributed by atoms with Crippen LogP contribution in [0.5, 0.6) is 5.75 Å². The minimum atomic E-state index is -0.0502. The standard InChI is InChI=1S/C17H17NO2/c1-18-15(12-6-4-3-5-7-12)16(18)17(19)13-8-10-14(20-2)11-9-13/h3-11,15-16H,1-2H3/t15-,16-,18?/m0/s1. The van der Waals surface area contributed by atoms with Gasteiger partial charge < -0.3 is 4.74 Å². The van der Waals surface area contributed by atoms with E-state index in [1.54, 1.807) is 7.11 Å². The zero-order valence-electron chi connectivity index (χ0n) is 11.6. The Morgan fingerprint density at radius 3 is 2.30 bits per heavy atom. The van der Waals surface area contributed by atoms with Gasteiger partial charge in [-0.1, -0.05) is 30.3 Å². The van der Waals surface area contributed by atoms with E-state index in [1.165, 1.54) is 5.56 Å². The maximum absolute atomic E-state index is 12.5. The van der Waals surface area contributed by atoms with Crippen molar-refractivity contribution in [3.8, 4) is 5.75 Å².